The molecule has 5 rings (SSSR count). The van der Waals surface area contributed by atoms with Crippen LogP contribution in [0.2, 0.25) is 0 Å². The summed E-state index contributed by atoms with van der Waals surface area (Å²) in [4.78, 5) is 30.9. The highest BCUT2D eigenvalue weighted by atomic mass is 16.7. The maximum atomic E-state index is 13.3. The normalized spacial score (nSPS) is 21.4. The van der Waals surface area contributed by atoms with Gasteiger partial charge in [0.15, 0.2) is 17.3 Å². The summed E-state index contributed by atoms with van der Waals surface area (Å²) < 4.78 is 22.2. The lowest BCUT2D eigenvalue weighted by Gasteiger charge is -2.34. The molecule has 7 heteroatoms. The minimum Gasteiger partial charge on any atom is -0.490 e. The molecule has 0 amide bonds. The van der Waals surface area contributed by atoms with Gasteiger partial charge < -0.3 is 18.9 Å². The van der Waals surface area contributed by atoms with Crippen molar-refractivity contribution in [3.8, 4) is 17.2 Å². The van der Waals surface area contributed by atoms with Gasteiger partial charge in [0.2, 0.25) is 6.79 Å². The van der Waals surface area contributed by atoms with E-state index in [2.05, 4.69) is 4.99 Å². The predicted molar refractivity (Wildman–Crippen MR) is 121 cm³/mol. The molecule has 2 aromatic rings. The van der Waals surface area contributed by atoms with Crippen LogP contribution in [0.25, 0.3) is 0 Å². The minimum absolute atomic E-state index is 0.0420. The Bertz CT molecular complexity index is 1140. The molecule has 0 aromatic heterocycles. The Balaban J connectivity index is 1.39. The van der Waals surface area contributed by atoms with Crippen molar-refractivity contribution in [2.45, 2.75) is 32.1 Å². The van der Waals surface area contributed by atoms with Gasteiger partial charge in [-0.2, -0.15) is 0 Å². The Morgan fingerprint density at radius 3 is 2.73 bits per heavy atom. The molecular formula is C26H25NO6. The molecule has 3 aliphatic rings. The zero-order valence-corrected chi connectivity index (χ0v) is 18.4. The van der Waals surface area contributed by atoms with Crippen LogP contribution in [0.3, 0.4) is 0 Å². The van der Waals surface area contributed by atoms with E-state index in [1.165, 1.54) is 0 Å². The number of ketones is 1. The second kappa shape index (κ2) is 9.10. The standard InChI is InChI=1S/C26H25NO6/c1-16-23(26(29)31-13-12-30-18-6-3-2-4-7-18)24(25-19(27-16)8-5-9-20(25)28)17-10-11-21-22(14-17)33-15-32-21/h2-4,6-7,10-11,14,23-24H,5,8-9,12-13,15H2,1H3/t23?,24-/m1/s1. The average molecular weight is 447 g/mol. The number of rotatable bonds is 6. The van der Waals surface area contributed by atoms with Crippen molar-refractivity contribution in [1.29, 1.82) is 0 Å². The van der Waals surface area contributed by atoms with Crippen molar-refractivity contribution in [3.63, 3.8) is 0 Å². The van der Waals surface area contributed by atoms with Crippen molar-refractivity contribution >= 4 is 17.5 Å². The molecule has 0 spiro atoms. The molecule has 0 bridgehead atoms. The number of para-hydroxylation sites is 1. The van der Waals surface area contributed by atoms with Crippen molar-refractivity contribution in [3.05, 3.63) is 65.4 Å². The second-order valence-electron chi connectivity index (χ2n) is 8.29. The Hall–Kier alpha value is -3.61. The van der Waals surface area contributed by atoms with E-state index in [-0.39, 0.29) is 25.8 Å². The molecule has 2 aromatic carbocycles. The molecule has 1 unspecified atom stereocenters. The summed E-state index contributed by atoms with van der Waals surface area (Å²) in [6.45, 7) is 2.32. The van der Waals surface area contributed by atoms with Crippen LogP contribution in [0.15, 0.2) is 64.8 Å². The van der Waals surface area contributed by atoms with Gasteiger partial charge in [-0.1, -0.05) is 24.3 Å². The van der Waals surface area contributed by atoms with E-state index in [0.717, 1.165) is 24.1 Å². The Morgan fingerprint density at radius 1 is 1.06 bits per heavy atom. The molecule has 33 heavy (non-hydrogen) atoms. The monoisotopic (exact) mass is 447 g/mol. The van der Waals surface area contributed by atoms with Crippen LogP contribution in [0.4, 0.5) is 0 Å². The number of hydrogen-bond donors (Lipinski definition) is 0. The lowest BCUT2D eigenvalue weighted by molar-refractivity contribution is -0.147. The molecule has 0 saturated carbocycles. The lowest BCUT2D eigenvalue weighted by Crippen LogP contribution is -2.37. The van der Waals surface area contributed by atoms with Crippen molar-refractivity contribution in [2.75, 3.05) is 20.0 Å². The molecule has 2 atom stereocenters. The Labute approximate surface area is 192 Å². The minimum atomic E-state index is -0.692. The smallest absolute Gasteiger partial charge is 0.315 e. The number of ether oxygens (including phenoxy) is 4. The van der Waals surface area contributed by atoms with Gasteiger partial charge in [0.05, 0.1) is 0 Å². The van der Waals surface area contributed by atoms with Crippen LogP contribution < -0.4 is 14.2 Å². The number of nitrogens with zero attached hydrogens (tertiary/aromatic N) is 1. The number of carbonyl (C=O) groups is 2. The molecule has 2 heterocycles. The molecule has 170 valence electrons. The van der Waals surface area contributed by atoms with E-state index in [1.807, 2.05) is 55.5 Å². The summed E-state index contributed by atoms with van der Waals surface area (Å²) in [5, 5.41) is 0. The molecule has 0 radical (unpaired) electrons. The molecule has 1 aliphatic carbocycles. The van der Waals surface area contributed by atoms with E-state index < -0.39 is 17.8 Å². The first-order valence-electron chi connectivity index (χ1n) is 11.2. The van der Waals surface area contributed by atoms with Crippen molar-refractivity contribution < 1.29 is 28.5 Å². The summed E-state index contributed by atoms with van der Waals surface area (Å²) in [6.07, 6.45) is 1.96. The molecule has 0 fully saturated rings. The van der Waals surface area contributed by atoms with Gasteiger partial charge >= 0.3 is 5.97 Å². The first kappa shape index (κ1) is 21.2. The molecule has 7 nitrogen and oxygen atoms in total. The summed E-state index contributed by atoms with van der Waals surface area (Å²) in [6, 6.07) is 14.9. The van der Waals surface area contributed by atoms with Gasteiger partial charge in [-0.05, 0) is 49.6 Å². The van der Waals surface area contributed by atoms with E-state index in [4.69, 9.17) is 18.9 Å². The number of fused-ring (bicyclic) bond motifs is 1. The SMILES string of the molecule is CC1=NC2=C(C(=O)CCC2)[C@H](c2ccc3c(c2)OCO3)C1C(=O)OCCOc1ccccc1. The van der Waals surface area contributed by atoms with Gasteiger partial charge in [0, 0.05) is 29.3 Å². The van der Waals surface area contributed by atoms with Crippen LogP contribution >= 0.6 is 0 Å². The summed E-state index contributed by atoms with van der Waals surface area (Å²) in [5.74, 6) is 0.443. The van der Waals surface area contributed by atoms with Crippen LogP contribution in [0.1, 0.15) is 37.7 Å². The number of hydrogen-bond acceptors (Lipinski definition) is 7. The topological polar surface area (TPSA) is 83.4 Å². The largest absolute Gasteiger partial charge is 0.490 e. The van der Waals surface area contributed by atoms with E-state index in [0.29, 0.717) is 35.0 Å². The Morgan fingerprint density at radius 2 is 1.88 bits per heavy atom. The third kappa shape index (κ3) is 4.23. The second-order valence-corrected chi connectivity index (χ2v) is 8.29. The molecule has 0 saturated heterocycles. The summed E-state index contributed by atoms with van der Waals surface area (Å²) in [5.41, 5.74) is 2.87. The summed E-state index contributed by atoms with van der Waals surface area (Å²) >= 11 is 0. The number of esters is 1. The zero-order chi connectivity index (χ0) is 22.8. The average Bonchev–Trinajstić information content (AvgIpc) is 3.29. The number of benzene rings is 2. The highest BCUT2D eigenvalue weighted by Gasteiger charge is 2.43. The third-order valence-corrected chi connectivity index (χ3v) is 6.18. The van der Waals surface area contributed by atoms with E-state index in [1.54, 1.807) is 0 Å². The van der Waals surface area contributed by atoms with Crippen LogP contribution in [-0.4, -0.2) is 37.5 Å². The Kier molecular flexibility index (Phi) is 5.86. The third-order valence-electron chi connectivity index (χ3n) is 6.18. The number of carbonyl (C=O) groups excluding carboxylic acids is 2. The van der Waals surface area contributed by atoms with Gasteiger partial charge in [-0.25, -0.2) is 0 Å². The van der Waals surface area contributed by atoms with Gasteiger partial charge in [0.1, 0.15) is 24.9 Å². The highest BCUT2D eigenvalue weighted by Crippen LogP contribution is 2.45. The predicted octanol–water partition coefficient (Wildman–Crippen LogP) is 4.22. The van der Waals surface area contributed by atoms with Crippen LogP contribution in [0, 0.1) is 5.92 Å². The molecule has 0 N–H and O–H groups in total. The van der Waals surface area contributed by atoms with Gasteiger partial charge in [-0.15, -0.1) is 0 Å². The highest BCUT2D eigenvalue weighted by molar-refractivity contribution is 6.08. The van der Waals surface area contributed by atoms with Crippen molar-refractivity contribution in [1.82, 2.24) is 0 Å². The number of Topliss-reactive ketones (excluding diaryl/α,β-unsaturated/α-hetero) is 1. The lowest BCUT2D eigenvalue weighted by atomic mass is 9.71. The maximum Gasteiger partial charge on any atom is 0.315 e. The molecule has 2 aliphatic heterocycles. The maximum absolute atomic E-state index is 13.3. The first-order chi connectivity index (χ1) is 16.1. The zero-order valence-electron chi connectivity index (χ0n) is 18.4. The van der Waals surface area contributed by atoms with E-state index >= 15 is 0 Å². The fourth-order valence-electron chi connectivity index (χ4n) is 4.69. The number of allylic oxidation sites excluding steroid dienone is 2. The fraction of sp³-hybridized carbons (Fsp3) is 0.346. The van der Waals surface area contributed by atoms with E-state index in [9.17, 15) is 9.59 Å². The van der Waals surface area contributed by atoms with Gasteiger partial charge in [0.25, 0.3) is 0 Å². The quantitative estimate of drug-likeness (QED) is 0.487. The van der Waals surface area contributed by atoms with Crippen LogP contribution in [0.5, 0.6) is 17.2 Å². The van der Waals surface area contributed by atoms with Crippen molar-refractivity contribution in [2.24, 2.45) is 10.9 Å². The van der Waals surface area contributed by atoms with Crippen LogP contribution in [-0.2, 0) is 14.3 Å². The fourth-order valence-corrected chi connectivity index (χ4v) is 4.69. The molecular weight excluding hydrogens is 422 g/mol. The first-order valence-corrected chi connectivity index (χ1v) is 11.2. The summed E-state index contributed by atoms with van der Waals surface area (Å²) in [7, 11) is 0. The van der Waals surface area contributed by atoms with Gasteiger partial charge in [-0.3, -0.25) is 14.6 Å². The number of aliphatic imine (C=N–C) groups is 1.